The summed E-state index contributed by atoms with van der Waals surface area (Å²) >= 11 is 0. The molecule has 18 heavy (non-hydrogen) atoms. The van der Waals surface area contributed by atoms with E-state index in [0.29, 0.717) is 19.0 Å². The first-order valence-corrected chi connectivity index (χ1v) is 5.60. The van der Waals surface area contributed by atoms with Crippen LogP contribution in [0.4, 0.5) is 0 Å². The number of amides is 1. The fourth-order valence-electron chi connectivity index (χ4n) is 1.87. The first-order chi connectivity index (χ1) is 8.53. The Kier molecular flexibility index (Phi) is 3.33. The lowest BCUT2D eigenvalue weighted by atomic mass is 9.90. The van der Waals surface area contributed by atoms with Crippen molar-refractivity contribution in [2.45, 2.75) is 25.3 Å². The quantitative estimate of drug-likeness (QED) is 0.806. The van der Waals surface area contributed by atoms with Gasteiger partial charge in [0, 0.05) is 32.1 Å². The Bertz CT molecular complexity index is 462. The Balaban J connectivity index is 2.14. The molecule has 1 fully saturated rings. The van der Waals surface area contributed by atoms with E-state index in [1.807, 2.05) is 0 Å². The highest BCUT2D eigenvalue weighted by Crippen LogP contribution is 2.21. The van der Waals surface area contributed by atoms with Crippen LogP contribution in [0.5, 0.6) is 0 Å². The number of rotatable bonds is 3. The van der Waals surface area contributed by atoms with Crippen LogP contribution in [0.1, 0.15) is 29.1 Å². The monoisotopic (exact) mass is 254 g/mol. The molecule has 2 N–H and O–H groups in total. The second kappa shape index (κ2) is 4.77. The smallest absolute Gasteiger partial charge is 0.329 e. The third kappa shape index (κ3) is 2.35. The Labute approximate surface area is 103 Å². The largest absolute Gasteiger partial charge is 0.480 e. The Morgan fingerprint density at radius 2 is 2.11 bits per heavy atom. The summed E-state index contributed by atoms with van der Waals surface area (Å²) in [4.78, 5) is 23.2. The van der Waals surface area contributed by atoms with Crippen molar-refractivity contribution in [2.75, 3.05) is 13.2 Å². The summed E-state index contributed by atoms with van der Waals surface area (Å²) in [6.07, 6.45) is 0.482. The van der Waals surface area contributed by atoms with Crippen molar-refractivity contribution in [3.05, 3.63) is 17.5 Å². The van der Waals surface area contributed by atoms with Gasteiger partial charge in [-0.15, -0.1) is 0 Å². The molecule has 98 valence electrons. The summed E-state index contributed by atoms with van der Waals surface area (Å²) in [5.74, 6) is -1.10. The number of carboxylic acids is 1. The van der Waals surface area contributed by atoms with E-state index in [4.69, 9.17) is 9.26 Å². The summed E-state index contributed by atoms with van der Waals surface area (Å²) in [6.45, 7) is 2.28. The van der Waals surface area contributed by atoms with Gasteiger partial charge in [0.1, 0.15) is 11.3 Å². The number of hydrogen-bond acceptors (Lipinski definition) is 5. The molecule has 2 rings (SSSR count). The van der Waals surface area contributed by atoms with Gasteiger partial charge < -0.3 is 19.7 Å². The van der Waals surface area contributed by atoms with E-state index in [9.17, 15) is 14.7 Å². The fourth-order valence-corrected chi connectivity index (χ4v) is 1.87. The lowest BCUT2D eigenvalue weighted by Gasteiger charge is -2.33. The summed E-state index contributed by atoms with van der Waals surface area (Å²) < 4.78 is 9.90. The molecule has 7 nitrogen and oxygen atoms in total. The molecule has 0 aromatic carbocycles. The second-order valence-corrected chi connectivity index (χ2v) is 4.28. The molecule has 0 bridgehead atoms. The molecule has 1 amide bonds. The van der Waals surface area contributed by atoms with Crippen LogP contribution < -0.4 is 5.32 Å². The van der Waals surface area contributed by atoms with Crippen molar-refractivity contribution in [1.29, 1.82) is 0 Å². The van der Waals surface area contributed by atoms with Gasteiger partial charge in [-0.05, 0) is 6.92 Å². The maximum absolute atomic E-state index is 11.9. The van der Waals surface area contributed by atoms with E-state index in [1.54, 1.807) is 6.92 Å². The number of carbonyl (C=O) groups is 2. The fraction of sp³-hybridized carbons (Fsp3) is 0.545. The van der Waals surface area contributed by atoms with Gasteiger partial charge in [0.2, 0.25) is 0 Å². The van der Waals surface area contributed by atoms with E-state index in [2.05, 4.69) is 10.5 Å². The summed E-state index contributed by atoms with van der Waals surface area (Å²) in [5, 5.41) is 15.4. The van der Waals surface area contributed by atoms with E-state index in [-0.39, 0.29) is 18.5 Å². The van der Waals surface area contributed by atoms with Crippen LogP contribution >= 0.6 is 0 Å². The minimum atomic E-state index is -1.28. The van der Waals surface area contributed by atoms with Crippen LogP contribution in [0.2, 0.25) is 0 Å². The normalized spacial score (nSPS) is 18.3. The minimum Gasteiger partial charge on any atom is -0.480 e. The molecule has 0 saturated carbocycles. The van der Waals surface area contributed by atoms with Crippen LogP contribution in [0.3, 0.4) is 0 Å². The molecule has 1 aliphatic rings. The van der Waals surface area contributed by atoms with Crippen molar-refractivity contribution in [3.63, 3.8) is 0 Å². The summed E-state index contributed by atoms with van der Waals surface area (Å²) in [7, 11) is 0. The van der Waals surface area contributed by atoms with E-state index in [0.717, 1.165) is 0 Å². The zero-order chi connectivity index (χ0) is 13.2. The number of carbonyl (C=O) groups excluding carboxylic acids is 1. The zero-order valence-electron chi connectivity index (χ0n) is 9.93. The molecular weight excluding hydrogens is 240 g/mol. The summed E-state index contributed by atoms with van der Waals surface area (Å²) in [6, 6.07) is 1.46. The van der Waals surface area contributed by atoms with Crippen LogP contribution in [-0.2, 0) is 9.53 Å². The molecule has 0 radical (unpaired) electrons. The van der Waals surface area contributed by atoms with Crippen LogP contribution in [0.15, 0.2) is 10.6 Å². The van der Waals surface area contributed by atoms with E-state index in [1.165, 1.54) is 6.07 Å². The molecule has 1 aromatic rings. The Hall–Kier alpha value is -1.89. The highest BCUT2D eigenvalue weighted by Gasteiger charge is 2.42. The van der Waals surface area contributed by atoms with Gasteiger partial charge >= 0.3 is 5.97 Å². The first kappa shape index (κ1) is 12.6. The molecule has 1 aliphatic heterocycles. The molecule has 0 atom stereocenters. The van der Waals surface area contributed by atoms with E-state index >= 15 is 0 Å². The minimum absolute atomic E-state index is 0.0830. The average Bonchev–Trinajstić information content (AvgIpc) is 2.77. The Morgan fingerprint density at radius 3 is 2.61 bits per heavy atom. The maximum atomic E-state index is 11.9. The molecule has 1 saturated heterocycles. The lowest BCUT2D eigenvalue weighted by molar-refractivity contribution is -0.148. The standard InChI is InChI=1S/C11H14N2O5/c1-7-6-8(13-18-7)9(14)12-11(10(15)16)2-4-17-5-3-11/h6H,2-5H2,1H3,(H,12,14)(H,15,16). The van der Waals surface area contributed by atoms with Crippen molar-refractivity contribution in [2.24, 2.45) is 0 Å². The topological polar surface area (TPSA) is 102 Å². The third-order valence-electron chi connectivity index (χ3n) is 2.97. The average molecular weight is 254 g/mol. The molecule has 7 heteroatoms. The van der Waals surface area contributed by atoms with Crippen molar-refractivity contribution in [1.82, 2.24) is 10.5 Å². The van der Waals surface area contributed by atoms with E-state index < -0.39 is 17.4 Å². The van der Waals surface area contributed by atoms with Crippen molar-refractivity contribution < 1.29 is 24.0 Å². The van der Waals surface area contributed by atoms with Crippen molar-refractivity contribution in [3.8, 4) is 0 Å². The third-order valence-corrected chi connectivity index (χ3v) is 2.97. The molecule has 1 aromatic heterocycles. The number of ether oxygens (including phenoxy) is 1. The molecule has 0 unspecified atom stereocenters. The molecule has 0 aliphatic carbocycles. The van der Waals surface area contributed by atoms with Gasteiger partial charge in [-0.1, -0.05) is 5.16 Å². The lowest BCUT2D eigenvalue weighted by Crippen LogP contribution is -2.57. The molecule has 2 heterocycles. The predicted octanol–water partition coefficient (Wildman–Crippen LogP) is 0.347. The number of carboxylic acid groups (broad SMARTS) is 1. The maximum Gasteiger partial charge on any atom is 0.329 e. The van der Waals surface area contributed by atoms with Gasteiger partial charge in [-0.25, -0.2) is 4.79 Å². The summed E-state index contributed by atoms with van der Waals surface area (Å²) in [5.41, 5.74) is -1.19. The zero-order valence-corrected chi connectivity index (χ0v) is 9.93. The molecular formula is C11H14N2O5. The first-order valence-electron chi connectivity index (χ1n) is 5.60. The Morgan fingerprint density at radius 1 is 1.44 bits per heavy atom. The van der Waals surface area contributed by atoms with Crippen LogP contribution in [0, 0.1) is 6.92 Å². The number of nitrogens with one attached hydrogen (secondary N) is 1. The van der Waals surface area contributed by atoms with Gasteiger partial charge in [0.05, 0.1) is 0 Å². The van der Waals surface area contributed by atoms with Crippen LogP contribution in [-0.4, -0.2) is 40.9 Å². The van der Waals surface area contributed by atoms with Gasteiger partial charge in [0.15, 0.2) is 5.69 Å². The van der Waals surface area contributed by atoms with Crippen molar-refractivity contribution >= 4 is 11.9 Å². The number of aromatic nitrogens is 1. The van der Waals surface area contributed by atoms with Gasteiger partial charge in [-0.2, -0.15) is 0 Å². The van der Waals surface area contributed by atoms with Crippen LogP contribution in [0.25, 0.3) is 0 Å². The number of aryl methyl sites for hydroxylation is 1. The number of aliphatic carboxylic acids is 1. The highest BCUT2D eigenvalue weighted by atomic mass is 16.5. The number of nitrogens with zero attached hydrogens (tertiary/aromatic N) is 1. The second-order valence-electron chi connectivity index (χ2n) is 4.28. The predicted molar refractivity (Wildman–Crippen MR) is 59.1 cm³/mol. The number of hydrogen-bond donors (Lipinski definition) is 2. The molecule has 0 spiro atoms. The van der Waals surface area contributed by atoms with Gasteiger partial charge in [-0.3, -0.25) is 4.79 Å². The SMILES string of the molecule is Cc1cc(C(=O)NC2(C(=O)O)CCOCC2)no1. The van der Waals surface area contributed by atoms with Gasteiger partial charge in [0.25, 0.3) is 5.91 Å². The highest BCUT2D eigenvalue weighted by molar-refractivity contribution is 5.96.